The first-order chi connectivity index (χ1) is 9.75. The maximum atomic E-state index is 5.90. The molecule has 0 saturated heterocycles. The molecular formula is C17H14N2S. The predicted octanol–water partition coefficient (Wildman–Crippen LogP) is 4.22. The van der Waals surface area contributed by atoms with Crippen molar-refractivity contribution >= 4 is 39.5 Å². The Bertz CT molecular complexity index is 753. The molecule has 0 bridgehead atoms. The first-order valence-corrected chi connectivity index (χ1v) is 6.80. The third-order valence-corrected chi connectivity index (χ3v) is 3.41. The molecule has 0 atom stereocenters. The van der Waals surface area contributed by atoms with E-state index in [1.165, 1.54) is 10.8 Å². The van der Waals surface area contributed by atoms with Crippen LogP contribution in [0.3, 0.4) is 0 Å². The van der Waals surface area contributed by atoms with Crippen molar-refractivity contribution < 1.29 is 0 Å². The van der Waals surface area contributed by atoms with Gasteiger partial charge in [-0.05, 0) is 47.3 Å². The molecule has 2 N–H and O–H groups in total. The molecule has 0 fully saturated rings. The fourth-order valence-corrected chi connectivity index (χ4v) is 2.51. The number of hydrogen-bond donors (Lipinski definition) is 1. The molecule has 0 amide bonds. The van der Waals surface area contributed by atoms with E-state index in [1.807, 2.05) is 53.4 Å². The van der Waals surface area contributed by atoms with Gasteiger partial charge < -0.3 is 5.73 Å². The highest BCUT2D eigenvalue weighted by atomic mass is 32.1. The molecule has 0 unspecified atom stereocenters. The van der Waals surface area contributed by atoms with Crippen LogP contribution < -0.4 is 10.6 Å². The number of fused-ring (bicyclic) bond motifs is 1. The van der Waals surface area contributed by atoms with Crippen molar-refractivity contribution in [2.45, 2.75) is 0 Å². The van der Waals surface area contributed by atoms with Crippen LogP contribution in [0.4, 0.5) is 11.4 Å². The van der Waals surface area contributed by atoms with Crippen LogP contribution >= 0.6 is 12.2 Å². The van der Waals surface area contributed by atoms with Crippen LogP contribution in [0.15, 0.2) is 72.8 Å². The van der Waals surface area contributed by atoms with E-state index in [0.717, 1.165) is 11.4 Å². The molecule has 3 heteroatoms. The summed E-state index contributed by atoms with van der Waals surface area (Å²) in [4.78, 5) is 1.88. The normalized spacial score (nSPS) is 10.4. The van der Waals surface area contributed by atoms with Gasteiger partial charge in [0.25, 0.3) is 0 Å². The Kier molecular flexibility index (Phi) is 3.35. The Morgan fingerprint density at radius 2 is 1.40 bits per heavy atom. The third kappa shape index (κ3) is 2.36. The first kappa shape index (κ1) is 12.6. The summed E-state index contributed by atoms with van der Waals surface area (Å²) in [7, 11) is 0. The zero-order valence-electron chi connectivity index (χ0n) is 10.9. The monoisotopic (exact) mass is 278 g/mol. The number of nitrogens with zero attached hydrogens (tertiary/aromatic N) is 1. The summed E-state index contributed by atoms with van der Waals surface area (Å²) < 4.78 is 0. The Morgan fingerprint density at radius 1 is 0.750 bits per heavy atom. The van der Waals surface area contributed by atoms with E-state index in [4.69, 9.17) is 18.0 Å². The molecule has 0 aliphatic heterocycles. The Hall–Kier alpha value is -2.39. The van der Waals surface area contributed by atoms with Crippen LogP contribution in [0.2, 0.25) is 0 Å². The van der Waals surface area contributed by atoms with E-state index >= 15 is 0 Å². The van der Waals surface area contributed by atoms with Crippen molar-refractivity contribution in [3.8, 4) is 0 Å². The second-order valence-corrected chi connectivity index (χ2v) is 4.96. The second-order valence-electron chi connectivity index (χ2n) is 4.54. The van der Waals surface area contributed by atoms with Crippen molar-refractivity contribution in [1.29, 1.82) is 0 Å². The van der Waals surface area contributed by atoms with Gasteiger partial charge in [-0.25, -0.2) is 0 Å². The predicted molar refractivity (Wildman–Crippen MR) is 89.3 cm³/mol. The molecule has 3 aromatic carbocycles. The number of thiocarbonyl (C=S) groups is 1. The number of rotatable bonds is 2. The smallest absolute Gasteiger partial charge is 0.175 e. The number of benzene rings is 3. The lowest BCUT2D eigenvalue weighted by Crippen LogP contribution is -2.31. The highest BCUT2D eigenvalue weighted by molar-refractivity contribution is 7.80. The zero-order chi connectivity index (χ0) is 13.9. The average molecular weight is 278 g/mol. The van der Waals surface area contributed by atoms with Crippen molar-refractivity contribution in [2.24, 2.45) is 5.73 Å². The standard InChI is InChI=1S/C17H14N2S/c18-17(20)19(15-8-2-1-3-9-15)16-11-10-13-6-4-5-7-14(13)12-16/h1-12H,(H2,18,20). The van der Waals surface area contributed by atoms with E-state index in [0.29, 0.717) is 5.11 Å². The molecule has 0 spiro atoms. The highest BCUT2D eigenvalue weighted by Crippen LogP contribution is 2.28. The number of nitrogens with two attached hydrogens (primary N) is 1. The summed E-state index contributed by atoms with van der Waals surface area (Å²) in [5.41, 5.74) is 7.84. The second kappa shape index (κ2) is 5.31. The molecule has 3 aromatic rings. The maximum Gasteiger partial charge on any atom is 0.175 e. The minimum atomic E-state index is 0.339. The van der Waals surface area contributed by atoms with Gasteiger partial charge in [-0.1, -0.05) is 48.5 Å². The molecule has 98 valence electrons. The van der Waals surface area contributed by atoms with Gasteiger partial charge in [0.1, 0.15) is 0 Å². The lowest BCUT2D eigenvalue weighted by molar-refractivity contribution is 1.35. The fourth-order valence-electron chi connectivity index (χ4n) is 2.30. The minimum absolute atomic E-state index is 0.339. The Morgan fingerprint density at radius 3 is 2.10 bits per heavy atom. The molecule has 0 aliphatic carbocycles. The largest absolute Gasteiger partial charge is 0.376 e. The summed E-state index contributed by atoms with van der Waals surface area (Å²) in [6, 6.07) is 24.4. The maximum absolute atomic E-state index is 5.90. The zero-order valence-corrected chi connectivity index (χ0v) is 11.7. The molecule has 20 heavy (non-hydrogen) atoms. The molecule has 0 saturated carbocycles. The van der Waals surface area contributed by atoms with Crippen molar-refractivity contribution in [2.75, 3.05) is 4.90 Å². The van der Waals surface area contributed by atoms with Gasteiger partial charge in [0, 0.05) is 11.4 Å². The van der Waals surface area contributed by atoms with E-state index < -0.39 is 0 Å². The van der Waals surface area contributed by atoms with Crippen LogP contribution in [0.25, 0.3) is 10.8 Å². The summed E-state index contributed by atoms with van der Waals surface area (Å²) in [6.07, 6.45) is 0. The molecular weight excluding hydrogens is 264 g/mol. The summed E-state index contributed by atoms with van der Waals surface area (Å²) in [6.45, 7) is 0. The number of hydrogen-bond acceptors (Lipinski definition) is 1. The van der Waals surface area contributed by atoms with E-state index in [2.05, 4.69) is 24.3 Å². The van der Waals surface area contributed by atoms with Crippen LogP contribution in [-0.2, 0) is 0 Å². The van der Waals surface area contributed by atoms with Crippen LogP contribution in [-0.4, -0.2) is 5.11 Å². The van der Waals surface area contributed by atoms with Crippen molar-refractivity contribution in [3.63, 3.8) is 0 Å². The SMILES string of the molecule is NC(=S)N(c1ccccc1)c1ccc2ccccc2c1. The van der Waals surface area contributed by atoms with Crippen LogP contribution in [0.1, 0.15) is 0 Å². The lowest BCUT2D eigenvalue weighted by Gasteiger charge is -2.23. The summed E-state index contributed by atoms with van der Waals surface area (Å²) in [5, 5.41) is 2.71. The van der Waals surface area contributed by atoms with Gasteiger partial charge in [-0.3, -0.25) is 4.90 Å². The molecule has 0 aliphatic rings. The van der Waals surface area contributed by atoms with Gasteiger partial charge in [0.15, 0.2) is 5.11 Å². The van der Waals surface area contributed by atoms with Crippen LogP contribution in [0, 0.1) is 0 Å². The number of anilines is 2. The average Bonchev–Trinajstić information content (AvgIpc) is 2.48. The van der Waals surface area contributed by atoms with Crippen molar-refractivity contribution in [3.05, 3.63) is 72.8 Å². The molecule has 0 aromatic heterocycles. The summed E-state index contributed by atoms with van der Waals surface area (Å²) >= 11 is 5.21. The fraction of sp³-hybridized carbons (Fsp3) is 0. The van der Waals surface area contributed by atoms with E-state index in [-0.39, 0.29) is 0 Å². The van der Waals surface area contributed by atoms with Gasteiger partial charge >= 0.3 is 0 Å². The van der Waals surface area contributed by atoms with Crippen molar-refractivity contribution in [1.82, 2.24) is 0 Å². The molecule has 2 nitrogen and oxygen atoms in total. The summed E-state index contributed by atoms with van der Waals surface area (Å²) in [5.74, 6) is 0. The lowest BCUT2D eigenvalue weighted by atomic mass is 10.1. The van der Waals surface area contributed by atoms with Gasteiger partial charge in [-0.2, -0.15) is 0 Å². The van der Waals surface area contributed by atoms with Crippen LogP contribution in [0.5, 0.6) is 0 Å². The van der Waals surface area contributed by atoms with Gasteiger partial charge in [-0.15, -0.1) is 0 Å². The first-order valence-electron chi connectivity index (χ1n) is 6.39. The van der Waals surface area contributed by atoms with Gasteiger partial charge in [0.2, 0.25) is 0 Å². The minimum Gasteiger partial charge on any atom is -0.376 e. The molecule has 0 radical (unpaired) electrons. The molecule has 3 rings (SSSR count). The van der Waals surface area contributed by atoms with Gasteiger partial charge in [0.05, 0.1) is 0 Å². The molecule has 0 heterocycles. The number of para-hydroxylation sites is 1. The highest BCUT2D eigenvalue weighted by Gasteiger charge is 2.11. The quantitative estimate of drug-likeness (QED) is 0.712. The van der Waals surface area contributed by atoms with E-state index in [9.17, 15) is 0 Å². The third-order valence-electron chi connectivity index (χ3n) is 3.23. The topological polar surface area (TPSA) is 29.3 Å². The van der Waals surface area contributed by atoms with E-state index in [1.54, 1.807) is 0 Å². The Labute approximate surface area is 123 Å². The Balaban J connectivity index is 2.13.